The number of hydrogen-bond donors (Lipinski definition) is 1. The third-order valence-corrected chi connectivity index (χ3v) is 3.29. The maximum absolute atomic E-state index is 12.5. The van der Waals surface area contributed by atoms with Gasteiger partial charge in [0.25, 0.3) is 0 Å². The normalized spacial score (nSPS) is 10.2. The first-order valence-corrected chi connectivity index (χ1v) is 6.79. The topological polar surface area (TPSA) is 69.4 Å². The van der Waals surface area contributed by atoms with E-state index in [1.807, 2.05) is 0 Å². The van der Waals surface area contributed by atoms with Crippen molar-refractivity contribution in [1.29, 1.82) is 0 Å². The molecule has 0 amide bonds. The number of esters is 1. The van der Waals surface area contributed by atoms with Gasteiger partial charge in [-0.3, -0.25) is 4.79 Å². The Bertz CT molecular complexity index is 698. The van der Waals surface area contributed by atoms with E-state index in [-0.39, 0.29) is 29.2 Å². The lowest BCUT2D eigenvalue weighted by molar-refractivity contribution is 0.0527. The first-order valence-electron chi connectivity index (χ1n) is 6.41. The lowest BCUT2D eigenvalue weighted by atomic mass is 9.99. The number of nitrogen functional groups attached to an aromatic ring is 1. The molecule has 0 bridgehead atoms. The smallest absolute Gasteiger partial charge is 0.340 e. The summed E-state index contributed by atoms with van der Waals surface area (Å²) in [4.78, 5) is 24.3. The van der Waals surface area contributed by atoms with Crippen molar-refractivity contribution >= 4 is 29.0 Å². The van der Waals surface area contributed by atoms with Gasteiger partial charge in [0.05, 0.1) is 22.9 Å². The van der Waals surface area contributed by atoms with Crippen LogP contribution in [0.4, 0.5) is 5.69 Å². The van der Waals surface area contributed by atoms with Crippen LogP contribution in [0.2, 0.25) is 5.02 Å². The molecule has 0 saturated heterocycles. The summed E-state index contributed by atoms with van der Waals surface area (Å²) in [6.45, 7) is 1.94. The number of nitrogens with two attached hydrogens (primary N) is 1. The van der Waals surface area contributed by atoms with Gasteiger partial charge in [-0.25, -0.2) is 4.79 Å². The predicted molar refractivity (Wildman–Crippen MR) is 81.7 cm³/mol. The predicted octanol–water partition coefficient (Wildman–Crippen LogP) is 3.33. The van der Waals surface area contributed by atoms with Crippen LogP contribution >= 0.6 is 11.6 Å². The van der Waals surface area contributed by atoms with Crippen LogP contribution in [0.1, 0.15) is 33.2 Å². The molecule has 0 radical (unpaired) electrons. The maximum atomic E-state index is 12.5. The van der Waals surface area contributed by atoms with E-state index in [0.29, 0.717) is 10.6 Å². The Morgan fingerprint density at radius 3 is 2.33 bits per heavy atom. The van der Waals surface area contributed by atoms with Gasteiger partial charge < -0.3 is 10.5 Å². The number of para-hydroxylation sites is 1. The number of ether oxygens (including phenoxy) is 1. The molecule has 0 unspecified atom stereocenters. The van der Waals surface area contributed by atoms with E-state index < -0.39 is 5.97 Å². The number of anilines is 1. The van der Waals surface area contributed by atoms with Crippen LogP contribution in [0.15, 0.2) is 42.5 Å². The third-order valence-electron chi connectivity index (χ3n) is 2.96. The zero-order valence-corrected chi connectivity index (χ0v) is 12.2. The van der Waals surface area contributed by atoms with E-state index in [2.05, 4.69) is 0 Å². The molecule has 4 nitrogen and oxygen atoms in total. The SMILES string of the molecule is CCOC(=O)c1cccc(C(=O)c2ccccc2Cl)c1N. The monoisotopic (exact) mass is 303 g/mol. The van der Waals surface area contributed by atoms with E-state index >= 15 is 0 Å². The highest BCUT2D eigenvalue weighted by molar-refractivity contribution is 6.35. The molecule has 0 spiro atoms. The van der Waals surface area contributed by atoms with Crippen molar-refractivity contribution in [2.75, 3.05) is 12.3 Å². The minimum absolute atomic E-state index is 0.0980. The largest absolute Gasteiger partial charge is 0.462 e. The molecule has 108 valence electrons. The van der Waals surface area contributed by atoms with Gasteiger partial charge in [-0.2, -0.15) is 0 Å². The number of benzene rings is 2. The first-order chi connectivity index (χ1) is 10.1. The Morgan fingerprint density at radius 1 is 1.05 bits per heavy atom. The lowest BCUT2D eigenvalue weighted by Crippen LogP contribution is -2.13. The fourth-order valence-electron chi connectivity index (χ4n) is 1.94. The fourth-order valence-corrected chi connectivity index (χ4v) is 2.16. The summed E-state index contributed by atoms with van der Waals surface area (Å²) in [6, 6.07) is 11.4. The highest BCUT2D eigenvalue weighted by atomic mass is 35.5. The minimum Gasteiger partial charge on any atom is -0.462 e. The van der Waals surface area contributed by atoms with Gasteiger partial charge in [-0.05, 0) is 31.2 Å². The molecule has 0 aliphatic carbocycles. The number of halogens is 1. The van der Waals surface area contributed by atoms with Crippen molar-refractivity contribution in [1.82, 2.24) is 0 Å². The standard InChI is InChI=1S/C16H14ClNO3/c1-2-21-16(20)12-8-5-7-11(14(12)18)15(19)10-6-3-4-9-13(10)17/h3-9H,2,18H2,1H3. The molecule has 0 atom stereocenters. The molecule has 2 rings (SSSR count). The molecule has 5 heteroatoms. The number of ketones is 1. The summed E-state index contributed by atoms with van der Waals surface area (Å²) in [6.07, 6.45) is 0. The van der Waals surface area contributed by atoms with E-state index in [9.17, 15) is 9.59 Å². The third kappa shape index (κ3) is 3.06. The Morgan fingerprint density at radius 2 is 1.67 bits per heavy atom. The Hall–Kier alpha value is -2.33. The van der Waals surface area contributed by atoms with E-state index in [1.165, 1.54) is 6.07 Å². The van der Waals surface area contributed by atoms with Gasteiger partial charge >= 0.3 is 5.97 Å². The molecule has 0 fully saturated rings. The number of carbonyl (C=O) groups excluding carboxylic acids is 2. The summed E-state index contributed by atoms with van der Waals surface area (Å²) in [5.41, 5.74) is 6.78. The van der Waals surface area contributed by atoms with Crippen LogP contribution < -0.4 is 5.73 Å². The molecule has 0 aliphatic rings. The molecule has 0 saturated carbocycles. The van der Waals surface area contributed by atoms with Crippen molar-refractivity contribution < 1.29 is 14.3 Å². The number of rotatable bonds is 4. The van der Waals surface area contributed by atoms with Crippen LogP contribution in [0.5, 0.6) is 0 Å². The average molecular weight is 304 g/mol. The van der Waals surface area contributed by atoms with Crippen LogP contribution in [0, 0.1) is 0 Å². The summed E-state index contributed by atoms with van der Waals surface area (Å²) in [5, 5.41) is 0.337. The average Bonchev–Trinajstić information content (AvgIpc) is 2.47. The van der Waals surface area contributed by atoms with Gasteiger partial charge in [-0.15, -0.1) is 0 Å². The molecule has 0 heterocycles. The van der Waals surface area contributed by atoms with Crippen LogP contribution in [-0.2, 0) is 4.74 Å². The van der Waals surface area contributed by atoms with Gasteiger partial charge in [-0.1, -0.05) is 29.8 Å². The number of carbonyl (C=O) groups is 2. The van der Waals surface area contributed by atoms with Gasteiger partial charge in [0.1, 0.15) is 0 Å². The van der Waals surface area contributed by atoms with E-state index in [0.717, 1.165) is 0 Å². The summed E-state index contributed by atoms with van der Waals surface area (Å²) >= 11 is 6.02. The molecule has 0 aromatic heterocycles. The number of hydrogen-bond acceptors (Lipinski definition) is 4. The minimum atomic E-state index is -0.552. The molecule has 2 N–H and O–H groups in total. The zero-order valence-electron chi connectivity index (χ0n) is 11.4. The molecule has 21 heavy (non-hydrogen) atoms. The van der Waals surface area contributed by atoms with Crippen molar-refractivity contribution in [2.45, 2.75) is 6.92 Å². The summed E-state index contributed by atoms with van der Waals surface area (Å²) in [5.74, 6) is -0.881. The zero-order chi connectivity index (χ0) is 15.4. The molecule has 0 aliphatic heterocycles. The highest BCUT2D eigenvalue weighted by Crippen LogP contribution is 2.25. The van der Waals surface area contributed by atoms with E-state index in [4.69, 9.17) is 22.1 Å². The van der Waals surface area contributed by atoms with Crippen molar-refractivity contribution in [3.63, 3.8) is 0 Å². The van der Waals surface area contributed by atoms with Gasteiger partial charge in [0.2, 0.25) is 0 Å². The highest BCUT2D eigenvalue weighted by Gasteiger charge is 2.20. The van der Waals surface area contributed by atoms with Gasteiger partial charge in [0, 0.05) is 11.1 Å². The van der Waals surface area contributed by atoms with Crippen molar-refractivity contribution in [3.05, 3.63) is 64.2 Å². The van der Waals surface area contributed by atoms with Crippen LogP contribution in [-0.4, -0.2) is 18.4 Å². The molecular formula is C16H14ClNO3. The lowest BCUT2D eigenvalue weighted by Gasteiger charge is -2.10. The first kappa shape index (κ1) is 15.1. The second-order valence-electron chi connectivity index (χ2n) is 4.30. The van der Waals surface area contributed by atoms with Crippen molar-refractivity contribution in [3.8, 4) is 0 Å². The fraction of sp³-hybridized carbons (Fsp3) is 0.125. The molecule has 2 aromatic rings. The Kier molecular flexibility index (Phi) is 4.60. The Balaban J connectivity index is 2.46. The molecule has 2 aromatic carbocycles. The van der Waals surface area contributed by atoms with Gasteiger partial charge in [0.15, 0.2) is 5.78 Å². The summed E-state index contributed by atoms with van der Waals surface area (Å²) in [7, 11) is 0. The molecular weight excluding hydrogens is 290 g/mol. The van der Waals surface area contributed by atoms with E-state index in [1.54, 1.807) is 43.3 Å². The second-order valence-corrected chi connectivity index (χ2v) is 4.70. The quantitative estimate of drug-likeness (QED) is 0.534. The van der Waals surface area contributed by atoms with Crippen LogP contribution in [0.25, 0.3) is 0 Å². The Labute approximate surface area is 127 Å². The van der Waals surface area contributed by atoms with Crippen molar-refractivity contribution in [2.24, 2.45) is 0 Å². The maximum Gasteiger partial charge on any atom is 0.340 e. The van der Waals surface area contributed by atoms with Crippen LogP contribution in [0.3, 0.4) is 0 Å². The second kappa shape index (κ2) is 6.41. The summed E-state index contributed by atoms with van der Waals surface area (Å²) < 4.78 is 4.92.